The van der Waals surface area contributed by atoms with Crippen molar-refractivity contribution in [3.8, 4) is 0 Å². The summed E-state index contributed by atoms with van der Waals surface area (Å²) in [6.07, 6.45) is 1.95. The van der Waals surface area contributed by atoms with E-state index in [2.05, 4.69) is 10.6 Å². The van der Waals surface area contributed by atoms with Crippen LogP contribution in [0.3, 0.4) is 0 Å². The van der Waals surface area contributed by atoms with Crippen LogP contribution in [0.2, 0.25) is 0 Å². The SMILES string of the molecule is CCC(O)(N[C@H]1C[C@@H](C(=O)NC)C1)OC(C)(C)C. The van der Waals surface area contributed by atoms with E-state index in [0.717, 1.165) is 12.8 Å². The van der Waals surface area contributed by atoms with Crippen molar-refractivity contribution in [1.82, 2.24) is 10.6 Å². The molecular formula is C13H26N2O3. The van der Waals surface area contributed by atoms with E-state index in [0.29, 0.717) is 6.42 Å². The van der Waals surface area contributed by atoms with Crippen molar-refractivity contribution in [2.75, 3.05) is 7.05 Å². The topological polar surface area (TPSA) is 70.6 Å². The second-order valence-corrected chi connectivity index (χ2v) is 5.98. The van der Waals surface area contributed by atoms with Crippen LogP contribution in [0.4, 0.5) is 0 Å². The average Bonchev–Trinajstić information content (AvgIpc) is 2.19. The standard InChI is InChI=1S/C13H26N2O3/c1-6-13(17,18-12(2,3)4)15-10-7-9(8-10)11(16)14-5/h9-10,15,17H,6-8H2,1-5H3,(H,14,16)/t9-,10+,13?. The zero-order valence-corrected chi connectivity index (χ0v) is 12.0. The van der Waals surface area contributed by atoms with Crippen molar-refractivity contribution >= 4 is 5.91 Å². The lowest BCUT2D eigenvalue weighted by Gasteiger charge is -2.42. The molecule has 0 aromatic heterocycles. The summed E-state index contributed by atoms with van der Waals surface area (Å²) in [5.41, 5.74) is -0.415. The molecule has 0 aliphatic heterocycles. The summed E-state index contributed by atoms with van der Waals surface area (Å²) >= 11 is 0. The molecule has 5 heteroatoms. The molecule has 3 N–H and O–H groups in total. The van der Waals surface area contributed by atoms with Crippen LogP contribution in [0.1, 0.15) is 47.0 Å². The highest BCUT2D eigenvalue weighted by Gasteiger charge is 2.40. The lowest BCUT2D eigenvalue weighted by Crippen LogP contribution is -2.59. The monoisotopic (exact) mass is 258 g/mol. The second-order valence-electron chi connectivity index (χ2n) is 5.98. The van der Waals surface area contributed by atoms with Crippen LogP contribution in [-0.4, -0.2) is 35.6 Å². The number of nitrogens with one attached hydrogen (secondary N) is 2. The fourth-order valence-corrected chi connectivity index (χ4v) is 2.18. The Morgan fingerprint density at radius 2 is 1.94 bits per heavy atom. The van der Waals surface area contributed by atoms with Gasteiger partial charge in [-0.3, -0.25) is 10.1 Å². The molecule has 1 amide bonds. The first kappa shape index (κ1) is 15.4. The van der Waals surface area contributed by atoms with Crippen molar-refractivity contribution < 1.29 is 14.6 Å². The third kappa shape index (κ3) is 4.23. The molecule has 1 unspecified atom stereocenters. The van der Waals surface area contributed by atoms with Gasteiger partial charge in [-0.2, -0.15) is 0 Å². The number of carbonyl (C=O) groups is 1. The number of ether oxygens (including phenoxy) is 1. The largest absolute Gasteiger partial charge is 0.359 e. The number of hydrogen-bond acceptors (Lipinski definition) is 4. The lowest BCUT2D eigenvalue weighted by atomic mass is 9.79. The van der Waals surface area contributed by atoms with Crippen molar-refractivity contribution in [2.45, 2.75) is 64.5 Å². The summed E-state index contributed by atoms with van der Waals surface area (Å²) in [4.78, 5) is 11.4. The van der Waals surface area contributed by atoms with E-state index in [-0.39, 0.29) is 17.9 Å². The Kier molecular flexibility index (Phi) is 4.75. The maximum absolute atomic E-state index is 11.4. The van der Waals surface area contributed by atoms with Gasteiger partial charge in [-0.05, 0) is 33.6 Å². The molecule has 0 spiro atoms. The van der Waals surface area contributed by atoms with Gasteiger partial charge in [0.2, 0.25) is 11.8 Å². The van der Waals surface area contributed by atoms with Gasteiger partial charge in [-0.15, -0.1) is 0 Å². The van der Waals surface area contributed by atoms with Gasteiger partial charge in [0, 0.05) is 25.4 Å². The molecule has 1 rings (SSSR count). The summed E-state index contributed by atoms with van der Waals surface area (Å²) < 4.78 is 5.65. The molecule has 0 aromatic rings. The molecule has 5 nitrogen and oxygen atoms in total. The molecule has 0 saturated heterocycles. The van der Waals surface area contributed by atoms with E-state index in [1.807, 2.05) is 27.7 Å². The van der Waals surface area contributed by atoms with Crippen LogP contribution < -0.4 is 10.6 Å². The molecule has 1 aliphatic carbocycles. The molecule has 0 bridgehead atoms. The highest BCUT2D eigenvalue weighted by atomic mass is 16.7. The minimum absolute atomic E-state index is 0.0586. The van der Waals surface area contributed by atoms with E-state index < -0.39 is 11.5 Å². The number of rotatable bonds is 5. The normalized spacial score (nSPS) is 27.2. The van der Waals surface area contributed by atoms with Crippen LogP contribution in [0.15, 0.2) is 0 Å². The van der Waals surface area contributed by atoms with Crippen LogP contribution in [0, 0.1) is 5.92 Å². The summed E-state index contributed by atoms with van der Waals surface area (Å²) in [5, 5.41) is 16.1. The predicted octanol–water partition coefficient (Wildman–Crippen LogP) is 0.972. The first-order valence-electron chi connectivity index (χ1n) is 6.61. The molecule has 106 valence electrons. The molecule has 18 heavy (non-hydrogen) atoms. The smallest absolute Gasteiger partial charge is 0.225 e. The van der Waals surface area contributed by atoms with Crippen LogP contribution in [-0.2, 0) is 9.53 Å². The Balaban J connectivity index is 2.44. The summed E-state index contributed by atoms with van der Waals surface area (Å²) in [5.74, 6) is -1.18. The van der Waals surface area contributed by atoms with Gasteiger partial charge in [0.15, 0.2) is 0 Å². The molecule has 0 radical (unpaired) electrons. The lowest BCUT2D eigenvalue weighted by molar-refractivity contribution is -0.278. The zero-order chi connectivity index (χ0) is 14.0. The fourth-order valence-electron chi connectivity index (χ4n) is 2.18. The van der Waals surface area contributed by atoms with Crippen LogP contribution >= 0.6 is 0 Å². The zero-order valence-electron chi connectivity index (χ0n) is 12.0. The van der Waals surface area contributed by atoms with Crippen molar-refractivity contribution in [3.63, 3.8) is 0 Å². The molecule has 1 atom stereocenters. The molecular weight excluding hydrogens is 232 g/mol. The first-order valence-corrected chi connectivity index (χ1v) is 6.61. The number of carbonyl (C=O) groups excluding carboxylic acids is 1. The highest BCUT2D eigenvalue weighted by molar-refractivity contribution is 5.79. The van der Waals surface area contributed by atoms with Gasteiger partial charge in [0.1, 0.15) is 0 Å². The van der Waals surface area contributed by atoms with Gasteiger partial charge < -0.3 is 15.2 Å². The number of amides is 1. The van der Waals surface area contributed by atoms with Gasteiger partial charge in [0.05, 0.1) is 5.60 Å². The maximum Gasteiger partial charge on any atom is 0.225 e. The summed E-state index contributed by atoms with van der Waals surface area (Å²) in [7, 11) is 1.65. The summed E-state index contributed by atoms with van der Waals surface area (Å²) in [6.45, 7) is 7.59. The minimum atomic E-state index is -1.31. The van der Waals surface area contributed by atoms with E-state index in [4.69, 9.17) is 4.74 Å². The predicted molar refractivity (Wildman–Crippen MR) is 69.8 cm³/mol. The number of aliphatic hydroxyl groups is 1. The Labute approximate surface area is 109 Å². The van der Waals surface area contributed by atoms with E-state index >= 15 is 0 Å². The molecule has 1 aliphatic rings. The van der Waals surface area contributed by atoms with Gasteiger partial charge in [-0.1, -0.05) is 6.92 Å². The molecule has 1 saturated carbocycles. The quantitative estimate of drug-likeness (QED) is 0.643. The number of hydrogen-bond donors (Lipinski definition) is 3. The second kappa shape index (κ2) is 5.55. The van der Waals surface area contributed by atoms with Crippen LogP contribution in [0.25, 0.3) is 0 Å². The van der Waals surface area contributed by atoms with E-state index in [9.17, 15) is 9.90 Å². The fraction of sp³-hybridized carbons (Fsp3) is 0.923. The van der Waals surface area contributed by atoms with Gasteiger partial charge in [0.25, 0.3) is 0 Å². The van der Waals surface area contributed by atoms with Gasteiger partial charge in [-0.25, -0.2) is 0 Å². The Morgan fingerprint density at radius 3 is 2.33 bits per heavy atom. The molecule has 0 aromatic carbocycles. The third-order valence-electron chi connectivity index (χ3n) is 3.14. The Morgan fingerprint density at radius 1 is 1.39 bits per heavy atom. The molecule has 0 heterocycles. The third-order valence-corrected chi connectivity index (χ3v) is 3.14. The average molecular weight is 258 g/mol. The van der Waals surface area contributed by atoms with Crippen molar-refractivity contribution in [3.05, 3.63) is 0 Å². The van der Waals surface area contributed by atoms with Crippen LogP contribution in [0.5, 0.6) is 0 Å². The van der Waals surface area contributed by atoms with E-state index in [1.165, 1.54) is 0 Å². The molecule has 1 fully saturated rings. The van der Waals surface area contributed by atoms with Crippen molar-refractivity contribution in [2.24, 2.45) is 5.92 Å². The first-order chi connectivity index (χ1) is 8.19. The van der Waals surface area contributed by atoms with Gasteiger partial charge >= 0.3 is 0 Å². The Bertz CT molecular complexity index is 295. The van der Waals surface area contributed by atoms with Crippen molar-refractivity contribution in [1.29, 1.82) is 0 Å². The van der Waals surface area contributed by atoms with E-state index in [1.54, 1.807) is 7.05 Å². The minimum Gasteiger partial charge on any atom is -0.359 e. The highest BCUT2D eigenvalue weighted by Crippen LogP contribution is 2.30. The summed E-state index contributed by atoms with van der Waals surface area (Å²) in [6, 6.07) is 0.139. The Hall–Kier alpha value is -0.650. The maximum atomic E-state index is 11.4.